The van der Waals surface area contributed by atoms with Gasteiger partial charge in [0.1, 0.15) is 0 Å². The molecule has 0 fully saturated rings. The van der Waals surface area contributed by atoms with Gasteiger partial charge in [0.25, 0.3) is 0 Å². The molecule has 23 heavy (non-hydrogen) atoms. The summed E-state index contributed by atoms with van der Waals surface area (Å²) in [5.74, 6) is 0. The molecule has 0 amide bonds. The summed E-state index contributed by atoms with van der Waals surface area (Å²) in [6, 6.07) is 16.9. The molecule has 0 aliphatic carbocycles. The molecule has 0 atom stereocenters. The number of benzene rings is 2. The molecule has 3 N–H and O–H groups in total. The number of thiocarbonyl (C=S) groups is 1. The minimum absolute atomic E-state index is 0.157. The molecule has 0 aliphatic rings. The minimum Gasteiger partial charge on any atom is -0.375 e. The van der Waals surface area contributed by atoms with Crippen LogP contribution in [0.15, 0.2) is 59.8 Å². The number of fused-ring (bicyclic) bond motifs is 1. The lowest BCUT2D eigenvalue weighted by atomic mass is 10.1. The highest BCUT2D eigenvalue weighted by molar-refractivity contribution is 7.80. The van der Waals surface area contributed by atoms with Crippen molar-refractivity contribution in [2.45, 2.75) is 13.5 Å². The van der Waals surface area contributed by atoms with Gasteiger partial charge in [0.15, 0.2) is 5.11 Å². The van der Waals surface area contributed by atoms with Gasteiger partial charge in [-0.05, 0) is 30.8 Å². The molecule has 0 spiro atoms. The molecule has 116 valence electrons. The first-order valence-electron chi connectivity index (χ1n) is 7.35. The van der Waals surface area contributed by atoms with Crippen LogP contribution in [-0.2, 0) is 6.54 Å². The van der Waals surface area contributed by atoms with E-state index in [2.05, 4.69) is 64.6 Å². The fourth-order valence-corrected chi connectivity index (χ4v) is 2.62. The number of para-hydroxylation sites is 1. The second kappa shape index (κ2) is 6.62. The first kappa shape index (κ1) is 15.2. The largest absolute Gasteiger partial charge is 0.375 e. The average molecular weight is 322 g/mol. The molecular formula is C18H18N4S. The quantitative estimate of drug-likeness (QED) is 0.441. The molecule has 0 bridgehead atoms. The van der Waals surface area contributed by atoms with Crippen molar-refractivity contribution in [1.29, 1.82) is 0 Å². The molecule has 3 rings (SSSR count). The number of nitrogens with zero attached hydrogens (tertiary/aromatic N) is 2. The van der Waals surface area contributed by atoms with E-state index in [0.29, 0.717) is 0 Å². The van der Waals surface area contributed by atoms with Crippen LogP contribution in [-0.4, -0.2) is 15.9 Å². The van der Waals surface area contributed by atoms with Crippen LogP contribution in [0.5, 0.6) is 0 Å². The smallest absolute Gasteiger partial charge is 0.184 e. The van der Waals surface area contributed by atoms with Gasteiger partial charge in [-0.15, -0.1) is 0 Å². The van der Waals surface area contributed by atoms with E-state index in [-0.39, 0.29) is 5.11 Å². The molecule has 0 saturated heterocycles. The summed E-state index contributed by atoms with van der Waals surface area (Å²) in [4.78, 5) is 0. The van der Waals surface area contributed by atoms with Crippen molar-refractivity contribution in [3.8, 4) is 0 Å². The lowest BCUT2D eigenvalue weighted by Gasteiger charge is -2.06. The number of aryl methyl sites for hydroxylation is 1. The SMILES string of the molecule is Cc1ccc(Cn2cc(/C=N\NC(N)=S)c3ccccc32)cc1. The van der Waals surface area contributed by atoms with Gasteiger partial charge in [-0.25, -0.2) is 0 Å². The van der Waals surface area contributed by atoms with E-state index in [0.717, 1.165) is 17.5 Å². The van der Waals surface area contributed by atoms with E-state index in [1.165, 1.54) is 16.6 Å². The fourth-order valence-electron chi connectivity index (χ4n) is 2.56. The van der Waals surface area contributed by atoms with Gasteiger partial charge in [0.2, 0.25) is 0 Å². The molecule has 0 unspecified atom stereocenters. The second-order valence-electron chi connectivity index (χ2n) is 5.45. The van der Waals surface area contributed by atoms with Crippen LogP contribution in [0.2, 0.25) is 0 Å². The monoisotopic (exact) mass is 322 g/mol. The van der Waals surface area contributed by atoms with Crippen LogP contribution in [0.1, 0.15) is 16.7 Å². The Balaban J connectivity index is 1.95. The Labute approximate surface area is 140 Å². The van der Waals surface area contributed by atoms with Crippen molar-refractivity contribution in [3.63, 3.8) is 0 Å². The zero-order chi connectivity index (χ0) is 16.2. The van der Waals surface area contributed by atoms with E-state index in [1.54, 1.807) is 6.21 Å². The predicted octanol–water partition coefficient (Wildman–Crippen LogP) is 3.17. The van der Waals surface area contributed by atoms with Crippen LogP contribution in [0.3, 0.4) is 0 Å². The molecule has 2 aromatic carbocycles. The summed E-state index contributed by atoms with van der Waals surface area (Å²) < 4.78 is 2.22. The third kappa shape index (κ3) is 3.57. The van der Waals surface area contributed by atoms with Crippen LogP contribution < -0.4 is 11.2 Å². The van der Waals surface area contributed by atoms with Crippen molar-refractivity contribution < 1.29 is 0 Å². The Bertz CT molecular complexity index is 862. The van der Waals surface area contributed by atoms with Crippen molar-refractivity contribution >= 4 is 34.4 Å². The minimum atomic E-state index is 0.157. The molecule has 0 aliphatic heterocycles. The first-order chi connectivity index (χ1) is 11.1. The lowest BCUT2D eigenvalue weighted by molar-refractivity contribution is 0.836. The zero-order valence-electron chi connectivity index (χ0n) is 12.9. The van der Waals surface area contributed by atoms with E-state index >= 15 is 0 Å². The Morgan fingerprint density at radius 2 is 1.96 bits per heavy atom. The second-order valence-corrected chi connectivity index (χ2v) is 5.89. The molecule has 0 saturated carbocycles. The summed E-state index contributed by atoms with van der Waals surface area (Å²) in [5.41, 5.74) is 12.7. The Morgan fingerprint density at radius 3 is 2.70 bits per heavy atom. The van der Waals surface area contributed by atoms with E-state index < -0.39 is 0 Å². The van der Waals surface area contributed by atoms with Gasteiger partial charge in [-0.2, -0.15) is 5.10 Å². The van der Waals surface area contributed by atoms with Gasteiger partial charge < -0.3 is 10.3 Å². The average Bonchev–Trinajstić information content (AvgIpc) is 2.88. The first-order valence-corrected chi connectivity index (χ1v) is 7.76. The van der Waals surface area contributed by atoms with Crippen molar-refractivity contribution in [3.05, 3.63) is 71.4 Å². The van der Waals surface area contributed by atoms with Crippen LogP contribution in [0.25, 0.3) is 10.9 Å². The maximum atomic E-state index is 5.39. The Morgan fingerprint density at radius 1 is 1.22 bits per heavy atom. The zero-order valence-corrected chi connectivity index (χ0v) is 13.7. The van der Waals surface area contributed by atoms with Crippen molar-refractivity contribution in [2.75, 3.05) is 0 Å². The topological polar surface area (TPSA) is 55.3 Å². The van der Waals surface area contributed by atoms with Crippen molar-refractivity contribution in [2.24, 2.45) is 10.8 Å². The van der Waals surface area contributed by atoms with E-state index in [1.807, 2.05) is 12.1 Å². The highest BCUT2D eigenvalue weighted by Gasteiger charge is 2.07. The third-order valence-electron chi connectivity index (χ3n) is 3.67. The normalized spacial score (nSPS) is 11.2. The number of hydrazone groups is 1. The maximum absolute atomic E-state index is 5.39. The third-order valence-corrected chi connectivity index (χ3v) is 3.76. The molecule has 5 heteroatoms. The number of nitrogens with two attached hydrogens (primary N) is 1. The number of aromatic nitrogens is 1. The molecular weight excluding hydrogens is 304 g/mol. The van der Waals surface area contributed by atoms with Gasteiger partial charge >= 0.3 is 0 Å². The summed E-state index contributed by atoms with van der Waals surface area (Å²) in [7, 11) is 0. The molecule has 0 radical (unpaired) electrons. The summed E-state index contributed by atoms with van der Waals surface area (Å²) in [6.07, 6.45) is 3.84. The lowest BCUT2D eigenvalue weighted by Crippen LogP contribution is -2.23. The van der Waals surface area contributed by atoms with Gasteiger partial charge in [-0.3, -0.25) is 5.43 Å². The van der Waals surface area contributed by atoms with Gasteiger partial charge in [0, 0.05) is 29.2 Å². The van der Waals surface area contributed by atoms with Crippen molar-refractivity contribution in [1.82, 2.24) is 9.99 Å². The Kier molecular flexibility index (Phi) is 4.39. The summed E-state index contributed by atoms with van der Waals surface area (Å²) >= 11 is 4.76. The number of rotatable bonds is 4. The summed E-state index contributed by atoms with van der Waals surface area (Å²) in [5, 5.41) is 5.37. The highest BCUT2D eigenvalue weighted by Crippen LogP contribution is 2.21. The molecule has 1 heterocycles. The van der Waals surface area contributed by atoms with E-state index in [4.69, 9.17) is 18.0 Å². The molecule has 4 nitrogen and oxygen atoms in total. The predicted molar refractivity (Wildman–Crippen MR) is 99.7 cm³/mol. The van der Waals surface area contributed by atoms with Crippen LogP contribution >= 0.6 is 12.2 Å². The standard InChI is InChI=1S/C18H18N4S/c1-13-6-8-14(9-7-13)11-22-12-15(10-20-21-18(19)23)16-4-2-3-5-17(16)22/h2-10,12H,11H2,1H3,(H3,19,21,23)/b20-10-. The number of hydrogen-bond donors (Lipinski definition) is 2. The number of hydrogen-bond acceptors (Lipinski definition) is 2. The Hall–Kier alpha value is -2.66. The summed E-state index contributed by atoms with van der Waals surface area (Å²) in [6.45, 7) is 2.91. The molecule has 1 aromatic heterocycles. The maximum Gasteiger partial charge on any atom is 0.184 e. The van der Waals surface area contributed by atoms with Crippen LogP contribution in [0.4, 0.5) is 0 Å². The van der Waals surface area contributed by atoms with Gasteiger partial charge in [0.05, 0.1) is 6.21 Å². The highest BCUT2D eigenvalue weighted by atomic mass is 32.1. The molecule has 3 aromatic rings. The number of nitrogens with one attached hydrogen (secondary N) is 1. The van der Waals surface area contributed by atoms with Crippen LogP contribution in [0, 0.1) is 6.92 Å². The van der Waals surface area contributed by atoms with E-state index in [9.17, 15) is 0 Å². The van der Waals surface area contributed by atoms with Gasteiger partial charge in [-0.1, -0.05) is 48.0 Å². The fraction of sp³-hybridized carbons (Fsp3) is 0.111.